The minimum absolute atomic E-state index is 0.162. The summed E-state index contributed by atoms with van der Waals surface area (Å²) in [7, 11) is 3.24. The lowest BCUT2D eigenvalue weighted by Crippen LogP contribution is -2.39. The molecule has 0 aliphatic carbocycles. The Labute approximate surface area is 211 Å². The molecule has 11 heteroatoms. The van der Waals surface area contributed by atoms with E-state index in [0.717, 1.165) is 15.6 Å². The highest BCUT2D eigenvalue weighted by molar-refractivity contribution is 7.19. The Balaban J connectivity index is 1.79. The number of aromatic nitrogens is 4. The molecule has 190 valence electrons. The third-order valence-electron chi connectivity index (χ3n) is 6.64. The Morgan fingerprint density at radius 3 is 2.67 bits per heavy atom. The van der Waals surface area contributed by atoms with Gasteiger partial charge in [0.25, 0.3) is 11.5 Å². The van der Waals surface area contributed by atoms with E-state index in [4.69, 9.17) is 0 Å². The average molecular weight is 511 g/mol. The van der Waals surface area contributed by atoms with E-state index in [1.807, 2.05) is 42.7 Å². The molecule has 10 nitrogen and oxygen atoms in total. The van der Waals surface area contributed by atoms with E-state index in [1.54, 1.807) is 16.5 Å². The fraction of sp³-hybridized carbons (Fsp3) is 0.440. The van der Waals surface area contributed by atoms with E-state index in [2.05, 4.69) is 10.3 Å². The van der Waals surface area contributed by atoms with Crippen LogP contribution in [0.3, 0.4) is 0 Å². The van der Waals surface area contributed by atoms with Gasteiger partial charge in [-0.15, -0.1) is 11.3 Å². The second kappa shape index (κ2) is 9.21. The molecule has 36 heavy (non-hydrogen) atoms. The molecule has 1 aliphatic heterocycles. The maximum Gasteiger partial charge on any atom is 0.331 e. The maximum absolute atomic E-state index is 13.9. The highest BCUT2D eigenvalue weighted by Gasteiger charge is 2.32. The van der Waals surface area contributed by atoms with E-state index in [0.29, 0.717) is 47.3 Å². The smallest absolute Gasteiger partial charge is 0.331 e. The van der Waals surface area contributed by atoms with Crippen molar-refractivity contribution in [3.8, 4) is 0 Å². The monoisotopic (exact) mass is 510 g/mol. The molecule has 1 aliphatic rings. The lowest BCUT2D eigenvalue weighted by Gasteiger charge is -2.17. The van der Waals surface area contributed by atoms with Crippen LogP contribution in [0.1, 0.15) is 35.5 Å². The van der Waals surface area contributed by atoms with E-state index < -0.39 is 17.4 Å². The Morgan fingerprint density at radius 1 is 1.25 bits per heavy atom. The van der Waals surface area contributed by atoms with E-state index in [9.17, 15) is 19.5 Å². The summed E-state index contributed by atoms with van der Waals surface area (Å²) in [4.78, 5) is 47.8. The molecule has 0 unspecified atom stereocenters. The van der Waals surface area contributed by atoms with Gasteiger partial charge in [0.15, 0.2) is 0 Å². The number of nitrogens with one attached hydrogen (secondary N) is 1. The number of carbonyl (C=O) groups is 1. The normalized spacial score (nSPS) is 16.1. The van der Waals surface area contributed by atoms with Crippen molar-refractivity contribution in [2.45, 2.75) is 39.5 Å². The molecule has 3 aromatic heterocycles. The molecule has 0 saturated carbocycles. The number of rotatable bonds is 6. The minimum Gasteiger partial charge on any atom is -0.391 e. The molecule has 0 radical (unpaired) electrons. The van der Waals surface area contributed by atoms with Gasteiger partial charge in [0, 0.05) is 38.6 Å². The molecular formula is C25H30N6O4S. The molecule has 5 rings (SSSR count). The molecule has 1 atom stereocenters. The number of fused-ring (bicyclic) bond motifs is 2. The Kier molecular flexibility index (Phi) is 6.21. The van der Waals surface area contributed by atoms with Gasteiger partial charge >= 0.3 is 5.69 Å². The first-order chi connectivity index (χ1) is 17.2. The van der Waals surface area contributed by atoms with Crippen molar-refractivity contribution >= 4 is 44.4 Å². The first-order valence-electron chi connectivity index (χ1n) is 12.1. The lowest BCUT2D eigenvalue weighted by molar-refractivity contribution is 0.0766. The van der Waals surface area contributed by atoms with Crippen LogP contribution in [0.15, 0.2) is 33.9 Å². The number of hydrogen-bond donors (Lipinski definition) is 2. The first-order valence-corrected chi connectivity index (χ1v) is 12.9. The summed E-state index contributed by atoms with van der Waals surface area (Å²) in [6.45, 7) is 5.37. The van der Waals surface area contributed by atoms with Gasteiger partial charge in [-0.05, 0) is 24.5 Å². The Morgan fingerprint density at radius 2 is 2.00 bits per heavy atom. The van der Waals surface area contributed by atoms with Crippen molar-refractivity contribution in [3.63, 3.8) is 0 Å². The van der Waals surface area contributed by atoms with E-state index >= 15 is 0 Å². The van der Waals surface area contributed by atoms with Crippen LogP contribution in [0.25, 0.3) is 21.3 Å². The van der Waals surface area contributed by atoms with Crippen LogP contribution < -0.4 is 16.6 Å². The number of imidazole rings is 1. The summed E-state index contributed by atoms with van der Waals surface area (Å²) in [6, 6.07) is 7.73. The Hall–Kier alpha value is -3.44. The van der Waals surface area contributed by atoms with Crippen LogP contribution in [0.4, 0.5) is 5.95 Å². The molecule has 2 N–H and O–H groups in total. The van der Waals surface area contributed by atoms with Gasteiger partial charge < -0.3 is 19.9 Å². The number of β-amino-alcohol motifs (C(OH)–C–C–N with tert-alkyl or cyclic N) is 1. The van der Waals surface area contributed by atoms with Crippen LogP contribution in [0, 0.1) is 5.92 Å². The zero-order valence-electron chi connectivity index (χ0n) is 20.8. The van der Waals surface area contributed by atoms with Crippen molar-refractivity contribution in [3.05, 3.63) is 55.5 Å². The zero-order valence-corrected chi connectivity index (χ0v) is 21.6. The number of nitrogens with zero attached hydrogens (tertiary/aromatic N) is 5. The molecular weight excluding hydrogens is 480 g/mol. The fourth-order valence-corrected chi connectivity index (χ4v) is 6.17. The standard InChI is InChI=1S/C25H30N6O4S/c1-14(2)11-31-23-20(21(33)28(4)25(31)35)19(22(34)29-10-9-15(32)12-29)18(36-23)13-30-17-8-6-5-7-16(17)27-24(30)26-3/h5-8,14-15,32H,9-13H2,1-4H3,(H,26,27)/t15-/m1/s1. The van der Waals surface area contributed by atoms with Crippen LogP contribution in [0.2, 0.25) is 0 Å². The maximum atomic E-state index is 13.9. The number of aliphatic hydroxyl groups is 1. The third kappa shape index (κ3) is 3.92. The molecule has 4 aromatic rings. The van der Waals surface area contributed by atoms with Gasteiger partial charge in [-0.1, -0.05) is 26.0 Å². The van der Waals surface area contributed by atoms with Crippen molar-refractivity contribution in [1.82, 2.24) is 23.6 Å². The van der Waals surface area contributed by atoms with Gasteiger partial charge in [-0.3, -0.25) is 18.7 Å². The van der Waals surface area contributed by atoms with E-state index in [1.165, 1.54) is 18.4 Å². The van der Waals surface area contributed by atoms with Gasteiger partial charge in [0.2, 0.25) is 5.95 Å². The van der Waals surface area contributed by atoms with Gasteiger partial charge in [-0.2, -0.15) is 0 Å². The molecule has 0 bridgehead atoms. The first kappa shape index (κ1) is 24.3. The second-order valence-electron chi connectivity index (χ2n) is 9.69. The predicted molar refractivity (Wildman–Crippen MR) is 141 cm³/mol. The summed E-state index contributed by atoms with van der Waals surface area (Å²) in [5, 5.41) is 13.5. The largest absolute Gasteiger partial charge is 0.391 e. The average Bonchev–Trinajstić information content (AvgIpc) is 3.55. The molecule has 4 heterocycles. The highest BCUT2D eigenvalue weighted by atomic mass is 32.1. The molecule has 1 saturated heterocycles. The highest BCUT2D eigenvalue weighted by Crippen LogP contribution is 2.33. The van der Waals surface area contributed by atoms with Crippen LogP contribution in [-0.4, -0.2) is 60.8 Å². The number of amides is 1. The van der Waals surface area contributed by atoms with E-state index in [-0.39, 0.29) is 23.8 Å². The number of aliphatic hydroxyl groups excluding tert-OH is 1. The van der Waals surface area contributed by atoms with Crippen LogP contribution >= 0.6 is 11.3 Å². The van der Waals surface area contributed by atoms with Crippen molar-refractivity contribution < 1.29 is 9.90 Å². The Bertz CT molecular complexity index is 1590. The number of anilines is 1. The topological polar surface area (TPSA) is 114 Å². The van der Waals surface area contributed by atoms with Crippen molar-refractivity contribution in [1.29, 1.82) is 0 Å². The van der Waals surface area contributed by atoms with Gasteiger partial charge in [0.1, 0.15) is 4.83 Å². The predicted octanol–water partition coefficient (Wildman–Crippen LogP) is 2.06. The third-order valence-corrected chi connectivity index (χ3v) is 7.83. The summed E-state index contributed by atoms with van der Waals surface area (Å²) in [5.41, 5.74) is 1.13. The van der Waals surface area contributed by atoms with Crippen LogP contribution in [0.5, 0.6) is 0 Å². The lowest BCUT2D eigenvalue weighted by atomic mass is 10.1. The van der Waals surface area contributed by atoms with Crippen molar-refractivity contribution in [2.24, 2.45) is 13.0 Å². The molecule has 1 aromatic carbocycles. The molecule has 1 fully saturated rings. The quantitative estimate of drug-likeness (QED) is 0.411. The minimum atomic E-state index is -0.585. The molecule has 1 amide bonds. The van der Waals surface area contributed by atoms with Gasteiger partial charge in [-0.25, -0.2) is 9.78 Å². The summed E-state index contributed by atoms with van der Waals surface area (Å²) in [5.74, 6) is 0.501. The summed E-state index contributed by atoms with van der Waals surface area (Å²) >= 11 is 1.31. The SMILES string of the molecule is CNc1nc2ccccc2n1Cc1sc2c(c1C(=O)N1CC[C@@H](O)C1)c(=O)n(C)c(=O)n2CC(C)C. The number of benzene rings is 1. The van der Waals surface area contributed by atoms with Crippen LogP contribution in [-0.2, 0) is 20.1 Å². The summed E-state index contributed by atoms with van der Waals surface area (Å²) in [6.07, 6.45) is -0.0901. The number of thiophene rings is 1. The fourth-order valence-electron chi connectivity index (χ4n) is 4.89. The number of likely N-dealkylation sites (tertiary alicyclic amines) is 1. The number of carbonyl (C=O) groups excluding carboxylic acids is 1. The number of para-hydroxylation sites is 2. The van der Waals surface area contributed by atoms with Crippen molar-refractivity contribution in [2.75, 3.05) is 25.5 Å². The van der Waals surface area contributed by atoms with Gasteiger partial charge in [0.05, 0.1) is 34.6 Å². The number of hydrogen-bond acceptors (Lipinski definition) is 7. The molecule has 0 spiro atoms. The second-order valence-corrected chi connectivity index (χ2v) is 10.8. The zero-order chi connectivity index (χ0) is 25.7. The summed E-state index contributed by atoms with van der Waals surface area (Å²) < 4.78 is 4.67.